The highest BCUT2D eigenvalue weighted by molar-refractivity contribution is 5.99. The summed E-state index contributed by atoms with van der Waals surface area (Å²) in [5.41, 5.74) is 0. The van der Waals surface area contributed by atoms with E-state index in [0.717, 1.165) is 19.3 Å². The van der Waals surface area contributed by atoms with E-state index >= 15 is 0 Å². The monoisotopic (exact) mass is 150 g/mol. The van der Waals surface area contributed by atoms with Crippen LogP contribution in [0.5, 0.6) is 0 Å². The molecule has 0 radical (unpaired) electrons. The van der Waals surface area contributed by atoms with Crippen LogP contribution in [0.25, 0.3) is 0 Å². The van der Waals surface area contributed by atoms with Gasteiger partial charge in [-0.2, -0.15) is 10.2 Å². The third-order valence-corrected chi connectivity index (χ3v) is 2.35. The van der Waals surface area contributed by atoms with Crippen LogP contribution >= 0.6 is 0 Å². The molecule has 11 heavy (non-hydrogen) atoms. The van der Waals surface area contributed by atoms with Crippen molar-refractivity contribution >= 4 is 18.2 Å². The molecule has 2 unspecified atom stereocenters. The number of fused-ring (bicyclic) bond motifs is 1. The lowest BCUT2D eigenvalue weighted by Gasteiger charge is -2.25. The summed E-state index contributed by atoms with van der Waals surface area (Å²) in [6.45, 7) is 0. The van der Waals surface area contributed by atoms with Crippen molar-refractivity contribution in [2.75, 3.05) is 0 Å². The standard InChI is InChI=1S/C8H10N2O/c11-8-3-1-2-6-4-9-10-5-7(6)8/h4-7H,1-3H2. The quantitative estimate of drug-likeness (QED) is 0.508. The molecular formula is C8H10N2O. The summed E-state index contributed by atoms with van der Waals surface area (Å²) in [7, 11) is 0. The first kappa shape index (κ1) is 6.70. The van der Waals surface area contributed by atoms with Crippen LogP contribution in [-0.2, 0) is 4.79 Å². The summed E-state index contributed by atoms with van der Waals surface area (Å²) in [6, 6.07) is 0. The largest absolute Gasteiger partial charge is 0.299 e. The van der Waals surface area contributed by atoms with E-state index in [0.29, 0.717) is 11.7 Å². The Hall–Kier alpha value is -0.990. The molecule has 1 fully saturated rings. The average molecular weight is 150 g/mol. The molecule has 2 rings (SSSR count). The summed E-state index contributed by atoms with van der Waals surface area (Å²) >= 11 is 0. The Bertz CT molecular complexity index is 232. The number of carbonyl (C=O) groups is 1. The molecular weight excluding hydrogens is 140 g/mol. The minimum absolute atomic E-state index is 0.0428. The number of hydrogen-bond acceptors (Lipinski definition) is 3. The van der Waals surface area contributed by atoms with Crippen LogP contribution < -0.4 is 0 Å². The normalized spacial score (nSPS) is 35.5. The van der Waals surface area contributed by atoms with E-state index in [-0.39, 0.29) is 5.92 Å². The van der Waals surface area contributed by atoms with Gasteiger partial charge in [-0.25, -0.2) is 0 Å². The van der Waals surface area contributed by atoms with E-state index < -0.39 is 0 Å². The molecule has 1 saturated carbocycles. The van der Waals surface area contributed by atoms with Gasteiger partial charge < -0.3 is 0 Å². The second-order valence-electron chi connectivity index (χ2n) is 3.08. The van der Waals surface area contributed by atoms with Crippen molar-refractivity contribution in [2.45, 2.75) is 19.3 Å². The molecule has 1 aliphatic heterocycles. The number of carbonyl (C=O) groups excluding carboxylic acids is 1. The van der Waals surface area contributed by atoms with Crippen molar-refractivity contribution in [2.24, 2.45) is 22.0 Å². The van der Waals surface area contributed by atoms with Crippen molar-refractivity contribution in [1.82, 2.24) is 0 Å². The van der Waals surface area contributed by atoms with E-state index in [4.69, 9.17) is 0 Å². The van der Waals surface area contributed by atoms with Gasteiger partial charge in [-0.1, -0.05) is 0 Å². The number of hydrogen-bond donors (Lipinski definition) is 0. The van der Waals surface area contributed by atoms with Crippen LogP contribution in [0, 0.1) is 11.8 Å². The van der Waals surface area contributed by atoms with Crippen molar-refractivity contribution in [3.63, 3.8) is 0 Å². The first-order valence-corrected chi connectivity index (χ1v) is 3.97. The molecule has 2 aliphatic rings. The highest BCUT2D eigenvalue weighted by atomic mass is 16.1. The Morgan fingerprint density at radius 3 is 3.00 bits per heavy atom. The smallest absolute Gasteiger partial charge is 0.142 e. The van der Waals surface area contributed by atoms with Crippen LogP contribution in [0.1, 0.15) is 19.3 Å². The zero-order valence-corrected chi connectivity index (χ0v) is 6.23. The predicted molar refractivity (Wildman–Crippen MR) is 42.8 cm³/mol. The Balaban J connectivity index is 2.20. The molecule has 3 nitrogen and oxygen atoms in total. The highest BCUT2D eigenvalue weighted by Crippen LogP contribution is 2.26. The highest BCUT2D eigenvalue weighted by Gasteiger charge is 2.30. The van der Waals surface area contributed by atoms with E-state index in [1.54, 1.807) is 6.21 Å². The van der Waals surface area contributed by atoms with Crippen LogP contribution in [0.3, 0.4) is 0 Å². The lowest BCUT2D eigenvalue weighted by Crippen LogP contribution is -2.31. The molecule has 0 amide bonds. The molecule has 0 bridgehead atoms. The van der Waals surface area contributed by atoms with Gasteiger partial charge in [0.25, 0.3) is 0 Å². The Morgan fingerprint density at radius 2 is 2.18 bits per heavy atom. The van der Waals surface area contributed by atoms with Crippen molar-refractivity contribution < 1.29 is 4.79 Å². The molecule has 1 heterocycles. The van der Waals surface area contributed by atoms with Gasteiger partial charge in [-0.3, -0.25) is 4.79 Å². The van der Waals surface area contributed by atoms with Gasteiger partial charge in [-0.05, 0) is 12.8 Å². The fraction of sp³-hybridized carbons (Fsp3) is 0.625. The third-order valence-electron chi connectivity index (χ3n) is 2.35. The van der Waals surface area contributed by atoms with E-state index in [1.165, 1.54) is 0 Å². The van der Waals surface area contributed by atoms with Crippen molar-refractivity contribution in [1.29, 1.82) is 0 Å². The van der Waals surface area contributed by atoms with Crippen LogP contribution in [0.4, 0.5) is 0 Å². The van der Waals surface area contributed by atoms with Crippen LogP contribution in [-0.4, -0.2) is 18.2 Å². The number of ketones is 1. The topological polar surface area (TPSA) is 41.8 Å². The fourth-order valence-corrected chi connectivity index (χ4v) is 1.69. The van der Waals surface area contributed by atoms with Gasteiger partial charge in [0.15, 0.2) is 0 Å². The Labute approximate surface area is 65.2 Å². The minimum atomic E-state index is 0.0428. The molecule has 0 saturated heterocycles. The summed E-state index contributed by atoms with van der Waals surface area (Å²) < 4.78 is 0. The molecule has 0 aromatic rings. The predicted octanol–water partition coefficient (Wildman–Crippen LogP) is 1.04. The summed E-state index contributed by atoms with van der Waals surface area (Å²) in [5.74, 6) is 0.714. The van der Waals surface area contributed by atoms with E-state index in [1.807, 2.05) is 6.21 Å². The maximum Gasteiger partial charge on any atom is 0.142 e. The zero-order chi connectivity index (χ0) is 7.68. The van der Waals surface area contributed by atoms with Gasteiger partial charge in [0.05, 0.1) is 5.92 Å². The van der Waals surface area contributed by atoms with Gasteiger partial charge in [0.2, 0.25) is 0 Å². The first-order chi connectivity index (χ1) is 5.38. The van der Waals surface area contributed by atoms with Crippen LogP contribution in [0.15, 0.2) is 10.2 Å². The summed E-state index contributed by atoms with van der Waals surface area (Å²) in [4.78, 5) is 11.3. The summed E-state index contributed by atoms with van der Waals surface area (Å²) in [6.07, 6.45) is 6.32. The SMILES string of the molecule is O=C1CCCC2C=NN=CC12. The molecule has 58 valence electrons. The van der Waals surface area contributed by atoms with Gasteiger partial charge >= 0.3 is 0 Å². The number of rotatable bonds is 0. The number of Topliss-reactive ketones (excluding diaryl/α,β-unsaturated/α-hetero) is 1. The lowest BCUT2D eigenvalue weighted by atomic mass is 9.79. The molecule has 1 aliphatic carbocycles. The van der Waals surface area contributed by atoms with Crippen LogP contribution in [0.2, 0.25) is 0 Å². The maximum atomic E-state index is 11.3. The lowest BCUT2D eigenvalue weighted by molar-refractivity contribution is -0.123. The van der Waals surface area contributed by atoms with Gasteiger partial charge in [0.1, 0.15) is 5.78 Å². The number of nitrogens with zero attached hydrogens (tertiary/aromatic N) is 2. The van der Waals surface area contributed by atoms with Gasteiger partial charge in [0, 0.05) is 24.8 Å². The molecule has 0 aromatic heterocycles. The van der Waals surface area contributed by atoms with E-state index in [2.05, 4.69) is 10.2 Å². The van der Waals surface area contributed by atoms with E-state index in [9.17, 15) is 4.79 Å². The second-order valence-corrected chi connectivity index (χ2v) is 3.08. The molecule has 0 aromatic carbocycles. The Morgan fingerprint density at radius 1 is 1.36 bits per heavy atom. The van der Waals surface area contributed by atoms with Gasteiger partial charge in [-0.15, -0.1) is 0 Å². The average Bonchev–Trinajstić information content (AvgIpc) is 2.06. The minimum Gasteiger partial charge on any atom is -0.299 e. The molecule has 0 N–H and O–H groups in total. The summed E-state index contributed by atoms with van der Waals surface area (Å²) in [5, 5.41) is 7.52. The maximum absolute atomic E-state index is 11.3. The fourth-order valence-electron chi connectivity index (χ4n) is 1.69. The second kappa shape index (κ2) is 2.57. The Kier molecular flexibility index (Phi) is 1.56. The first-order valence-electron chi connectivity index (χ1n) is 3.97. The zero-order valence-electron chi connectivity index (χ0n) is 6.23. The molecule has 2 atom stereocenters. The molecule has 3 heteroatoms. The third kappa shape index (κ3) is 1.11. The van der Waals surface area contributed by atoms with Crippen molar-refractivity contribution in [3.8, 4) is 0 Å². The van der Waals surface area contributed by atoms with Crippen molar-refractivity contribution in [3.05, 3.63) is 0 Å². The molecule has 0 spiro atoms.